The third-order valence-corrected chi connectivity index (χ3v) is 5.79. The number of amides is 1. The molecule has 0 unspecified atom stereocenters. The molecule has 2 aromatic rings. The molecule has 0 N–H and O–H groups in total. The Labute approximate surface area is 184 Å². The predicted molar refractivity (Wildman–Crippen MR) is 116 cm³/mol. The van der Waals surface area contributed by atoms with Gasteiger partial charge in [-0.3, -0.25) is 4.79 Å². The van der Waals surface area contributed by atoms with E-state index < -0.39 is 11.6 Å². The van der Waals surface area contributed by atoms with E-state index in [-0.39, 0.29) is 18.6 Å². The van der Waals surface area contributed by atoms with Crippen LogP contribution in [0.3, 0.4) is 0 Å². The van der Waals surface area contributed by atoms with E-state index in [0.29, 0.717) is 29.5 Å². The van der Waals surface area contributed by atoms with Crippen LogP contribution < -0.4 is 9.64 Å². The van der Waals surface area contributed by atoms with Crippen molar-refractivity contribution in [1.29, 1.82) is 0 Å². The highest BCUT2D eigenvalue weighted by atomic mass is 35.5. The lowest BCUT2D eigenvalue weighted by molar-refractivity contribution is -0.125. The quantitative estimate of drug-likeness (QED) is 0.612. The van der Waals surface area contributed by atoms with Crippen molar-refractivity contribution < 1.29 is 18.3 Å². The van der Waals surface area contributed by atoms with Crippen molar-refractivity contribution in [3.8, 4) is 5.75 Å². The summed E-state index contributed by atoms with van der Waals surface area (Å²) in [4.78, 5) is 17.9. The Morgan fingerprint density at radius 2 is 2.03 bits per heavy atom. The Kier molecular flexibility index (Phi) is 6.13. The Morgan fingerprint density at radius 1 is 1.19 bits per heavy atom. The molecule has 2 aliphatic heterocycles. The van der Waals surface area contributed by atoms with Crippen LogP contribution in [0.5, 0.6) is 5.75 Å². The number of likely N-dealkylation sites (tertiary alicyclic amines) is 1. The number of rotatable bonds is 6. The molecular formula is C23H22ClF2N3O2. The zero-order valence-electron chi connectivity index (χ0n) is 16.8. The van der Waals surface area contributed by atoms with Crippen LogP contribution in [0, 0.1) is 11.6 Å². The van der Waals surface area contributed by atoms with Gasteiger partial charge >= 0.3 is 0 Å². The highest BCUT2D eigenvalue weighted by molar-refractivity contribution is 6.32. The van der Waals surface area contributed by atoms with Crippen LogP contribution in [0.15, 0.2) is 61.5 Å². The lowest BCUT2D eigenvalue weighted by Gasteiger charge is -2.27. The van der Waals surface area contributed by atoms with Gasteiger partial charge in [0.15, 0.2) is 11.6 Å². The second-order valence-electron chi connectivity index (χ2n) is 7.51. The van der Waals surface area contributed by atoms with Gasteiger partial charge in [-0.15, -0.1) is 0 Å². The van der Waals surface area contributed by atoms with Gasteiger partial charge < -0.3 is 19.4 Å². The summed E-state index contributed by atoms with van der Waals surface area (Å²) in [6.07, 6.45) is 6.27. The van der Waals surface area contributed by atoms with Gasteiger partial charge in [-0.05, 0) is 48.4 Å². The van der Waals surface area contributed by atoms with Crippen molar-refractivity contribution in [3.63, 3.8) is 0 Å². The number of benzene rings is 2. The van der Waals surface area contributed by atoms with E-state index >= 15 is 0 Å². The van der Waals surface area contributed by atoms with Gasteiger partial charge in [0, 0.05) is 37.2 Å². The lowest BCUT2D eigenvalue weighted by Crippen LogP contribution is -2.37. The summed E-state index contributed by atoms with van der Waals surface area (Å²) in [5.74, 6) is -1.37. The maximum Gasteiger partial charge on any atom is 0.246 e. The lowest BCUT2D eigenvalue weighted by atomic mass is 10.2. The van der Waals surface area contributed by atoms with Crippen molar-refractivity contribution in [3.05, 3.63) is 83.7 Å². The first-order chi connectivity index (χ1) is 14.9. The van der Waals surface area contributed by atoms with Gasteiger partial charge in [-0.2, -0.15) is 0 Å². The molecule has 1 amide bonds. The first-order valence-corrected chi connectivity index (χ1v) is 10.3. The second-order valence-corrected chi connectivity index (χ2v) is 7.91. The van der Waals surface area contributed by atoms with Gasteiger partial charge in [0.2, 0.25) is 5.91 Å². The minimum Gasteiger partial charge on any atom is -0.487 e. The van der Waals surface area contributed by atoms with Crippen LogP contribution >= 0.6 is 11.6 Å². The number of carbonyl (C=O) groups is 1. The zero-order valence-corrected chi connectivity index (χ0v) is 17.6. The Morgan fingerprint density at radius 3 is 2.77 bits per heavy atom. The number of hydrogen-bond acceptors (Lipinski definition) is 4. The second kappa shape index (κ2) is 8.98. The summed E-state index contributed by atoms with van der Waals surface area (Å²) in [5.41, 5.74) is 1.42. The Hall–Kier alpha value is -3.06. The minimum absolute atomic E-state index is 0.0340. The molecule has 2 aliphatic rings. The van der Waals surface area contributed by atoms with Crippen LogP contribution in [0.1, 0.15) is 12.0 Å². The fourth-order valence-electron chi connectivity index (χ4n) is 3.76. The molecule has 2 aromatic carbocycles. The molecule has 4 rings (SSSR count). The van der Waals surface area contributed by atoms with Gasteiger partial charge in [-0.25, -0.2) is 8.78 Å². The monoisotopic (exact) mass is 445 g/mol. The van der Waals surface area contributed by atoms with Gasteiger partial charge in [0.1, 0.15) is 12.4 Å². The van der Waals surface area contributed by atoms with E-state index in [9.17, 15) is 13.6 Å². The van der Waals surface area contributed by atoms with Crippen molar-refractivity contribution >= 4 is 23.2 Å². The van der Waals surface area contributed by atoms with E-state index in [2.05, 4.69) is 16.4 Å². The predicted octanol–water partition coefficient (Wildman–Crippen LogP) is 4.53. The molecule has 5 nitrogen and oxygen atoms in total. The first-order valence-electron chi connectivity index (χ1n) is 9.93. The standard InChI is InChI=1S/C23H22ClF2N3O2/c1-2-23(30)27-8-7-18(13-27)29-10-9-28(15-29)17-4-6-22(19(24)12-17)31-14-16-3-5-20(25)21(26)11-16/h2-6,9-12,18H,1,7-8,13-15H2/t18-/m1/s1. The van der Waals surface area contributed by atoms with E-state index in [4.69, 9.17) is 16.3 Å². The number of carbonyl (C=O) groups excluding carboxylic acids is 1. The molecule has 1 atom stereocenters. The van der Waals surface area contributed by atoms with Crippen molar-refractivity contribution in [2.75, 3.05) is 24.7 Å². The molecule has 0 radical (unpaired) electrons. The molecule has 0 spiro atoms. The maximum atomic E-state index is 13.3. The topological polar surface area (TPSA) is 36.0 Å². The fourth-order valence-corrected chi connectivity index (χ4v) is 3.99. The zero-order chi connectivity index (χ0) is 22.0. The summed E-state index contributed by atoms with van der Waals surface area (Å²) in [6.45, 7) is 5.70. The van der Waals surface area contributed by atoms with Gasteiger partial charge in [-0.1, -0.05) is 24.2 Å². The van der Waals surface area contributed by atoms with Gasteiger partial charge in [0.05, 0.1) is 11.7 Å². The Balaban J connectivity index is 1.35. The molecule has 0 bridgehead atoms. The summed E-state index contributed by atoms with van der Waals surface area (Å²) in [5, 5.41) is 0.426. The molecule has 162 valence electrons. The van der Waals surface area contributed by atoms with E-state index in [1.165, 1.54) is 12.1 Å². The van der Waals surface area contributed by atoms with Crippen LogP contribution in [0.2, 0.25) is 5.02 Å². The largest absolute Gasteiger partial charge is 0.487 e. The van der Waals surface area contributed by atoms with E-state index in [1.807, 2.05) is 23.4 Å². The molecule has 1 fully saturated rings. The van der Waals surface area contributed by atoms with Gasteiger partial charge in [0.25, 0.3) is 0 Å². The number of halogens is 3. The highest BCUT2D eigenvalue weighted by Gasteiger charge is 2.30. The van der Waals surface area contributed by atoms with Crippen LogP contribution in [-0.4, -0.2) is 41.5 Å². The molecular weight excluding hydrogens is 424 g/mol. The fraction of sp³-hybridized carbons (Fsp3) is 0.261. The first kappa shape index (κ1) is 21.2. The average molecular weight is 446 g/mol. The number of nitrogens with zero attached hydrogens (tertiary/aromatic N) is 3. The van der Waals surface area contributed by atoms with Crippen molar-refractivity contribution in [2.45, 2.75) is 19.1 Å². The Bertz CT molecular complexity index is 1030. The van der Waals surface area contributed by atoms with Crippen molar-refractivity contribution in [1.82, 2.24) is 9.80 Å². The van der Waals surface area contributed by atoms with Crippen molar-refractivity contribution in [2.24, 2.45) is 0 Å². The summed E-state index contributed by atoms with van der Waals surface area (Å²) in [6, 6.07) is 9.36. The third-order valence-electron chi connectivity index (χ3n) is 5.50. The highest BCUT2D eigenvalue weighted by Crippen LogP contribution is 2.32. The maximum absolute atomic E-state index is 13.3. The van der Waals surface area contributed by atoms with Crippen LogP contribution in [-0.2, 0) is 11.4 Å². The van der Waals surface area contributed by atoms with E-state index in [0.717, 1.165) is 30.8 Å². The molecule has 8 heteroatoms. The normalized spacial score (nSPS) is 18.0. The number of hydrogen-bond donors (Lipinski definition) is 0. The molecule has 0 aromatic heterocycles. The molecule has 31 heavy (non-hydrogen) atoms. The molecule has 0 saturated carbocycles. The summed E-state index contributed by atoms with van der Waals surface area (Å²) in [7, 11) is 0. The smallest absolute Gasteiger partial charge is 0.246 e. The molecule has 0 aliphatic carbocycles. The summed E-state index contributed by atoms with van der Waals surface area (Å²) >= 11 is 6.39. The number of anilines is 1. The average Bonchev–Trinajstić information content (AvgIpc) is 3.44. The number of ether oxygens (including phenoxy) is 1. The molecule has 2 heterocycles. The third kappa shape index (κ3) is 4.66. The molecule has 1 saturated heterocycles. The summed E-state index contributed by atoms with van der Waals surface area (Å²) < 4.78 is 32.0. The SMILES string of the molecule is C=CC(=O)N1CC[C@@H](N2C=CN(c3ccc(OCc4ccc(F)c(F)c4)c(Cl)c3)C2)C1. The van der Waals surface area contributed by atoms with Crippen LogP contribution in [0.4, 0.5) is 14.5 Å². The van der Waals surface area contributed by atoms with E-state index in [1.54, 1.807) is 12.1 Å². The minimum atomic E-state index is -0.910. The van der Waals surface area contributed by atoms with Crippen LogP contribution in [0.25, 0.3) is 0 Å².